The standard InChI is InChI=1S/C26H24ClN3O4/c27-21-10-7-11-22(14-21)30-19-29(17-25(30)32)24(31)16-28(15-20-8-3-1-4-9-20)26(33)18-34-23-12-5-2-6-13-23/h1-14H,15-19H2. The average Bonchev–Trinajstić information content (AvgIpc) is 3.25. The Kier molecular flexibility index (Phi) is 7.44. The lowest BCUT2D eigenvalue weighted by Crippen LogP contribution is -2.44. The summed E-state index contributed by atoms with van der Waals surface area (Å²) in [7, 11) is 0. The first kappa shape index (κ1) is 23.3. The van der Waals surface area contributed by atoms with Gasteiger partial charge < -0.3 is 14.5 Å². The van der Waals surface area contributed by atoms with Crippen molar-refractivity contribution in [1.82, 2.24) is 9.80 Å². The molecule has 7 nitrogen and oxygen atoms in total. The van der Waals surface area contributed by atoms with Gasteiger partial charge in [-0.1, -0.05) is 66.2 Å². The molecule has 3 amide bonds. The summed E-state index contributed by atoms with van der Waals surface area (Å²) < 4.78 is 5.61. The highest BCUT2D eigenvalue weighted by Crippen LogP contribution is 2.23. The van der Waals surface area contributed by atoms with Crippen molar-refractivity contribution in [3.8, 4) is 5.75 Å². The number of carbonyl (C=O) groups excluding carboxylic acids is 3. The topological polar surface area (TPSA) is 70.2 Å². The largest absolute Gasteiger partial charge is 0.484 e. The average molecular weight is 478 g/mol. The minimum absolute atomic E-state index is 0.0563. The molecule has 1 saturated heterocycles. The first-order valence-corrected chi connectivity index (χ1v) is 11.2. The van der Waals surface area contributed by atoms with Gasteiger partial charge in [0.1, 0.15) is 25.5 Å². The number of carbonyl (C=O) groups is 3. The molecule has 4 rings (SSSR count). The molecule has 0 saturated carbocycles. The van der Waals surface area contributed by atoms with Crippen molar-refractivity contribution < 1.29 is 19.1 Å². The Labute approximate surface area is 203 Å². The fraction of sp³-hybridized carbons (Fsp3) is 0.192. The molecule has 34 heavy (non-hydrogen) atoms. The minimum Gasteiger partial charge on any atom is -0.484 e. The van der Waals surface area contributed by atoms with Gasteiger partial charge in [-0.2, -0.15) is 0 Å². The monoisotopic (exact) mass is 477 g/mol. The summed E-state index contributed by atoms with van der Waals surface area (Å²) in [5.74, 6) is -0.270. The smallest absolute Gasteiger partial charge is 0.261 e. The lowest BCUT2D eigenvalue weighted by atomic mass is 10.2. The van der Waals surface area contributed by atoms with Gasteiger partial charge in [-0.3, -0.25) is 19.3 Å². The molecule has 0 spiro atoms. The maximum atomic E-state index is 13.1. The molecule has 1 fully saturated rings. The Morgan fingerprint density at radius 1 is 0.941 bits per heavy atom. The van der Waals surface area contributed by atoms with Gasteiger partial charge in [-0.25, -0.2) is 0 Å². The van der Waals surface area contributed by atoms with Crippen molar-refractivity contribution in [3.63, 3.8) is 0 Å². The van der Waals surface area contributed by atoms with Crippen LogP contribution in [0.3, 0.4) is 0 Å². The van der Waals surface area contributed by atoms with E-state index in [0.717, 1.165) is 5.56 Å². The molecule has 1 heterocycles. The van der Waals surface area contributed by atoms with Crippen LogP contribution in [-0.4, -0.2) is 53.9 Å². The molecule has 0 aliphatic carbocycles. The Morgan fingerprint density at radius 3 is 2.35 bits per heavy atom. The Hall–Kier alpha value is -3.84. The lowest BCUT2D eigenvalue weighted by molar-refractivity contribution is -0.142. The van der Waals surface area contributed by atoms with Crippen molar-refractivity contribution >= 4 is 35.0 Å². The molecular formula is C26H24ClN3O4. The highest BCUT2D eigenvalue weighted by Gasteiger charge is 2.33. The van der Waals surface area contributed by atoms with E-state index in [1.54, 1.807) is 36.4 Å². The summed E-state index contributed by atoms with van der Waals surface area (Å²) in [6.45, 7) is -0.0608. The minimum atomic E-state index is -0.321. The maximum Gasteiger partial charge on any atom is 0.261 e. The molecule has 0 unspecified atom stereocenters. The van der Waals surface area contributed by atoms with Crippen molar-refractivity contribution in [2.24, 2.45) is 0 Å². The molecule has 3 aromatic carbocycles. The zero-order valence-electron chi connectivity index (χ0n) is 18.5. The van der Waals surface area contributed by atoms with Crippen LogP contribution in [0.1, 0.15) is 5.56 Å². The van der Waals surface area contributed by atoms with Gasteiger partial charge in [-0.15, -0.1) is 0 Å². The molecule has 0 N–H and O–H groups in total. The van der Waals surface area contributed by atoms with Crippen LogP contribution < -0.4 is 9.64 Å². The summed E-state index contributed by atoms with van der Waals surface area (Å²) in [6.07, 6.45) is 0. The third-order valence-electron chi connectivity index (χ3n) is 5.41. The molecule has 0 radical (unpaired) electrons. The second-order valence-electron chi connectivity index (χ2n) is 7.87. The quantitative estimate of drug-likeness (QED) is 0.497. The van der Waals surface area contributed by atoms with Gasteiger partial charge in [0.05, 0.1) is 0 Å². The van der Waals surface area contributed by atoms with Crippen molar-refractivity contribution in [2.45, 2.75) is 6.54 Å². The normalized spacial score (nSPS) is 13.1. The van der Waals surface area contributed by atoms with Crippen LogP contribution in [0.25, 0.3) is 0 Å². The number of hydrogen-bond acceptors (Lipinski definition) is 4. The zero-order chi connectivity index (χ0) is 23.9. The molecule has 8 heteroatoms. The molecular weight excluding hydrogens is 454 g/mol. The van der Waals surface area contributed by atoms with Crippen molar-refractivity contribution in [2.75, 3.05) is 31.3 Å². The van der Waals surface area contributed by atoms with E-state index in [2.05, 4.69) is 0 Å². The fourth-order valence-corrected chi connectivity index (χ4v) is 3.82. The molecule has 0 atom stereocenters. The van der Waals surface area contributed by atoms with E-state index in [0.29, 0.717) is 16.5 Å². The highest BCUT2D eigenvalue weighted by atomic mass is 35.5. The number of anilines is 1. The van der Waals surface area contributed by atoms with E-state index in [1.165, 1.54) is 14.7 Å². The van der Waals surface area contributed by atoms with Crippen LogP contribution in [0, 0.1) is 0 Å². The second kappa shape index (κ2) is 10.9. The number of para-hydroxylation sites is 1. The predicted octanol–water partition coefficient (Wildman–Crippen LogP) is 3.58. The molecule has 0 bridgehead atoms. The summed E-state index contributed by atoms with van der Waals surface area (Å²) in [4.78, 5) is 43.1. The van der Waals surface area contributed by atoms with Gasteiger partial charge in [0.15, 0.2) is 6.61 Å². The fourth-order valence-electron chi connectivity index (χ4n) is 3.64. The van der Waals surface area contributed by atoms with E-state index in [4.69, 9.17) is 16.3 Å². The molecule has 1 aliphatic heterocycles. The van der Waals surface area contributed by atoms with E-state index in [1.807, 2.05) is 48.5 Å². The van der Waals surface area contributed by atoms with Gasteiger partial charge in [0.25, 0.3) is 5.91 Å². The maximum absolute atomic E-state index is 13.1. The van der Waals surface area contributed by atoms with Gasteiger partial charge in [-0.05, 0) is 35.9 Å². The van der Waals surface area contributed by atoms with Gasteiger partial charge >= 0.3 is 0 Å². The van der Waals surface area contributed by atoms with Crippen LogP contribution in [0.15, 0.2) is 84.9 Å². The van der Waals surface area contributed by atoms with Crippen LogP contribution in [0.2, 0.25) is 5.02 Å². The number of rotatable bonds is 8. The third-order valence-corrected chi connectivity index (χ3v) is 5.65. The Morgan fingerprint density at radius 2 is 1.65 bits per heavy atom. The zero-order valence-corrected chi connectivity index (χ0v) is 19.2. The number of amides is 3. The molecule has 174 valence electrons. The van der Waals surface area contributed by atoms with E-state index in [-0.39, 0.29) is 50.6 Å². The van der Waals surface area contributed by atoms with Crippen molar-refractivity contribution in [1.29, 1.82) is 0 Å². The first-order chi connectivity index (χ1) is 16.5. The molecule has 0 aromatic heterocycles. The van der Waals surface area contributed by atoms with Crippen LogP contribution in [0.4, 0.5) is 5.69 Å². The third kappa shape index (κ3) is 5.94. The Bertz CT molecular complexity index is 1160. The molecule has 1 aliphatic rings. The van der Waals surface area contributed by atoms with Crippen LogP contribution >= 0.6 is 11.6 Å². The summed E-state index contributed by atoms with van der Waals surface area (Å²) in [6, 6.07) is 25.4. The first-order valence-electron chi connectivity index (χ1n) is 10.8. The number of nitrogens with zero attached hydrogens (tertiary/aromatic N) is 3. The number of ether oxygens (including phenoxy) is 1. The predicted molar refractivity (Wildman–Crippen MR) is 129 cm³/mol. The van der Waals surface area contributed by atoms with E-state index < -0.39 is 0 Å². The van der Waals surface area contributed by atoms with E-state index in [9.17, 15) is 14.4 Å². The number of halogens is 1. The summed E-state index contributed by atoms with van der Waals surface area (Å²) in [5, 5.41) is 0.508. The molecule has 3 aromatic rings. The summed E-state index contributed by atoms with van der Waals surface area (Å²) in [5.41, 5.74) is 1.52. The number of hydrogen-bond donors (Lipinski definition) is 0. The Balaban J connectivity index is 1.44. The van der Waals surface area contributed by atoms with Gasteiger partial charge in [0, 0.05) is 17.3 Å². The SMILES string of the molecule is O=C(COc1ccccc1)N(CC(=O)N1CC(=O)N(c2cccc(Cl)c2)C1)Cc1ccccc1. The van der Waals surface area contributed by atoms with Gasteiger partial charge in [0.2, 0.25) is 11.8 Å². The number of benzene rings is 3. The van der Waals surface area contributed by atoms with Crippen LogP contribution in [0.5, 0.6) is 5.75 Å². The summed E-state index contributed by atoms with van der Waals surface area (Å²) >= 11 is 6.05. The van der Waals surface area contributed by atoms with Crippen molar-refractivity contribution in [3.05, 3.63) is 95.5 Å². The van der Waals surface area contributed by atoms with E-state index >= 15 is 0 Å². The van der Waals surface area contributed by atoms with Crippen LogP contribution in [-0.2, 0) is 20.9 Å². The lowest BCUT2D eigenvalue weighted by Gasteiger charge is -2.25. The highest BCUT2D eigenvalue weighted by molar-refractivity contribution is 6.31. The second-order valence-corrected chi connectivity index (χ2v) is 8.31.